The van der Waals surface area contributed by atoms with E-state index in [1.54, 1.807) is 55.5 Å². The maximum atomic E-state index is 12.7. The number of nitrogens with zero attached hydrogens (tertiary/aromatic N) is 2. The highest BCUT2D eigenvalue weighted by atomic mass is 16.5. The van der Waals surface area contributed by atoms with Crippen LogP contribution in [0.2, 0.25) is 0 Å². The van der Waals surface area contributed by atoms with Gasteiger partial charge in [0.15, 0.2) is 5.82 Å². The molecule has 0 aliphatic heterocycles. The third kappa shape index (κ3) is 6.50. The summed E-state index contributed by atoms with van der Waals surface area (Å²) in [7, 11) is 0. The zero-order chi connectivity index (χ0) is 27.1. The van der Waals surface area contributed by atoms with Gasteiger partial charge < -0.3 is 15.2 Å². The standard InChI is InChI=1S/C31H29N3O4/c1-4-8-27-21(3)32-28(23-9-6-5-7-10-23)34-29(27)33-25-15-13-24(14-16-25)31(37)38-26-17-11-22(12-18-26)19-20(2)30(35)36/h4-7,9-18,20H,1,8,19H2,2-3H3,(H,35,36)(H,32,33,34)/t20-/m0/s1. The fourth-order valence-corrected chi connectivity index (χ4v) is 3.93. The smallest absolute Gasteiger partial charge is 0.343 e. The van der Waals surface area contributed by atoms with Gasteiger partial charge >= 0.3 is 11.9 Å². The minimum absolute atomic E-state index is 0.392. The first-order valence-electron chi connectivity index (χ1n) is 12.3. The number of carboxylic acids is 1. The molecule has 0 amide bonds. The van der Waals surface area contributed by atoms with E-state index in [1.807, 2.05) is 43.3 Å². The molecule has 7 heteroatoms. The van der Waals surface area contributed by atoms with Crippen LogP contribution in [0.15, 0.2) is 91.5 Å². The van der Waals surface area contributed by atoms with E-state index in [4.69, 9.17) is 14.8 Å². The van der Waals surface area contributed by atoms with E-state index in [-0.39, 0.29) is 0 Å². The summed E-state index contributed by atoms with van der Waals surface area (Å²) in [5.41, 5.74) is 4.76. The van der Waals surface area contributed by atoms with E-state index in [0.717, 1.165) is 28.1 Å². The van der Waals surface area contributed by atoms with Crippen molar-refractivity contribution < 1.29 is 19.4 Å². The number of hydrogen-bond acceptors (Lipinski definition) is 6. The quantitative estimate of drug-likeness (QED) is 0.145. The van der Waals surface area contributed by atoms with Gasteiger partial charge in [0, 0.05) is 22.5 Å². The molecule has 0 fully saturated rings. The highest BCUT2D eigenvalue weighted by molar-refractivity contribution is 5.91. The normalized spacial score (nSPS) is 11.4. The van der Waals surface area contributed by atoms with Crippen molar-refractivity contribution in [1.29, 1.82) is 0 Å². The van der Waals surface area contributed by atoms with Gasteiger partial charge in [-0.1, -0.05) is 55.5 Å². The van der Waals surface area contributed by atoms with Gasteiger partial charge in [-0.05, 0) is 61.7 Å². The molecule has 0 saturated carbocycles. The van der Waals surface area contributed by atoms with Crippen LogP contribution in [0.5, 0.6) is 5.75 Å². The first-order valence-corrected chi connectivity index (χ1v) is 12.3. The summed E-state index contributed by atoms with van der Waals surface area (Å²) >= 11 is 0. The Hall–Kier alpha value is -4.78. The average Bonchev–Trinajstić information content (AvgIpc) is 2.92. The molecule has 192 valence electrons. The van der Waals surface area contributed by atoms with Crippen molar-refractivity contribution in [3.05, 3.63) is 114 Å². The molecule has 0 aliphatic carbocycles. The Kier molecular flexibility index (Phi) is 8.28. The highest BCUT2D eigenvalue weighted by Crippen LogP contribution is 2.26. The zero-order valence-corrected chi connectivity index (χ0v) is 21.3. The second-order valence-corrected chi connectivity index (χ2v) is 9.00. The number of carboxylic acid groups (broad SMARTS) is 1. The summed E-state index contributed by atoms with van der Waals surface area (Å²) in [6.45, 7) is 7.47. The summed E-state index contributed by atoms with van der Waals surface area (Å²) < 4.78 is 5.49. The van der Waals surface area contributed by atoms with Crippen LogP contribution in [0.1, 0.15) is 34.1 Å². The Morgan fingerprint density at radius 1 is 1.00 bits per heavy atom. The maximum Gasteiger partial charge on any atom is 0.343 e. The largest absolute Gasteiger partial charge is 0.481 e. The number of hydrogen-bond donors (Lipinski definition) is 2. The number of aliphatic carboxylic acids is 1. The van der Waals surface area contributed by atoms with Gasteiger partial charge in [0.05, 0.1) is 11.5 Å². The number of aryl methyl sites for hydroxylation is 1. The number of esters is 1. The van der Waals surface area contributed by atoms with Crippen LogP contribution in [0.4, 0.5) is 11.5 Å². The molecule has 0 unspecified atom stereocenters. The number of anilines is 2. The van der Waals surface area contributed by atoms with E-state index in [0.29, 0.717) is 35.8 Å². The first kappa shape index (κ1) is 26.3. The second-order valence-electron chi connectivity index (χ2n) is 9.00. The molecule has 0 bridgehead atoms. The van der Waals surface area contributed by atoms with Crippen molar-refractivity contribution in [2.75, 3.05) is 5.32 Å². The van der Waals surface area contributed by atoms with Gasteiger partial charge in [0.2, 0.25) is 0 Å². The lowest BCUT2D eigenvalue weighted by Crippen LogP contribution is -2.12. The molecule has 7 nitrogen and oxygen atoms in total. The van der Waals surface area contributed by atoms with Crippen LogP contribution in [-0.4, -0.2) is 27.0 Å². The van der Waals surface area contributed by atoms with Crippen molar-refractivity contribution in [2.45, 2.75) is 26.7 Å². The number of allylic oxidation sites excluding steroid dienone is 1. The van der Waals surface area contributed by atoms with Crippen molar-refractivity contribution in [3.63, 3.8) is 0 Å². The first-order chi connectivity index (χ1) is 18.3. The number of carbonyl (C=O) groups excluding carboxylic acids is 1. The van der Waals surface area contributed by atoms with Crippen molar-refractivity contribution in [2.24, 2.45) is 5.92 Å². The van der Waals surface area contributed by atoms with Crippen LogP contribution in [-0.2, 0) is 17.6 Å². The monoisotopic (exact) mass is 507 g/mol. The molecule has 3 aromatic carbocycles. The molecule has 4 aromatic rings. The van der Waals surface area contributed by atoms with Crippen LogP contribution in [0.3, 0.4) is 0 Å². The molecule has 1 atom stereocenters. The van der Waals surface area contributed by atoms with Gasteiger partial charge in [0.25, 0.3) is 0 Å². The number of carbonyl (C=O) groups is 2. The van der Waals surface area contributed by atoms with Crippen LogP contribution in [0.25, 0.3) is 11.4 Å². The molecule has 2 N–H and O–H groups in total. The zero-order valence-electron chi connectivity index (χ0n) is 21.3. The van der Waals surface area contributed by atoms with E-state index in [9.17, 15) is 9.59 Å². The molecule has 38 heavy (non-hydrogen) atoms. The summed E-state index contributed by atoms with van der Waals surface area (Å²) in [5, 5.41) is 12.4. The summed E-state index contributed by atoms with van der Waals surface area (Å²) in [5.74, 6) is -0.116. The van der Waals surface area contributed by atoms with Gasteiger partial charge in [-0.15, -0.1) is 6.58 Å². The number of aromatic nitrogens is 2. The Morgan fingerprint density at radius 3 is 2.32 bits per heavy atom. The van der Waals surface area contributed by atoms with Gasteiger partial charge in [-0.25, -0.2) is 14.8 Å². The minimum Gasteiger partial charge on any atom is -0.481 e. The maximum absolute atomic E-state index is 12.7. The van der Waals surface area contributed by atoms with Crippen molar-refractivity contribution in [3.8, 4) is 17.1 Å². The number of nitrogens with one attached hydrogen (secondary N) is 1. The molecule has 0 saturated heterocycles. The molecular weight excluding hydrogens is 478 g/mol. The predicted molar refractivity (Wildman–Crippen MR) is 148 cm³/mol. The van der Waals surface area contributed by atoms with Crippen molar-refractivity contribution in [1.82, 2.24) is 9.97 Å². The van der Waals surface area contributed by atoms with Crippen LogP contribution >= 0.6 is 0 Å². The molecule has 0 aliphatic rings. The van der Waals surface area contributed by atoms with E-state index < -0.39 is 17.9 Å². The topological polar surface area (TPSA) is 101 Å². The molecule has 0 radical (unpaired) electrons. The average molecular weight is 508 g/mol. The third-order valence-electron chi connectivity index (χ3n) is 6.08. The molecule has 4 rings (SSSR count). The van der Waals surface area contributed by atoms with Gasteiger partial charge in [-0.3, -0.25) is 4.79 Å². The predicted octanol–water partition coefficient (Wildman–Crippen LogP) is 6.41. The molecule has 0 spiro atoms. The molecule has 1 aromatic heterocycles. The number of ether oxygens (including phenoxy) is 1. The fraction of sp³-hybridized carbons (Fsp3) is 0.161. The van der Waals surface area contributed by atoms with Gasteiger partial charge in [-0.2, -0.15) is 0 Å². The molecular formula is C31H29N3O4. The fourth-order valence-electron chi connectivity index (χ4n) is 3.93. The summed E-state index contributed by atoms with van der Waals surface area (Å²) in [6.07, 6.45) is 2.84. The lowest BCUT2D eigenvalue weighted by molar-refractivity contribution is -0.141. The Morgan fingerprint density at radius 2 is 1.68 bits per heavy atom. The number of rotatable bonds is 10. The van der Waals surface area contributed by atoms with Crippen molar-refractivity contribution >= 4 is 23.4 Å². The highest BCUT2D eigenvalue weighted by Gasteiger charge is 2.15. The molecule has 1 heterocycles. The minimum atomic E-state index is -0.846. The Bertz CT molecular complexity index is 1430. The summed E-state index contributed by atoms with van der Waals surface area (Å²) in [4.78, 5) is 33.2. The summed E-state index contributed by atoms with van der Waals surface area (Å²) in [6, 6.07) is 23.6. The van der Waals surface area contributed by atoms with E-state index in [2.05, 4.69) is 16.9 Å². The SMILES string of the molecule is C=CCc1c(C)nc(-c2ccccc2)nc1Nc1ccc(C(=O)Oc2ccc(C[C@H](C)C(=O)O)cc2)cc1. The van der Waals surface area contributed by atoms with Gasteiger partial charge in [0.1, 0.15) is 11.6 Å². The third-order valence-corrected chi connectivity index (χ3v) is 6.08. The Labute approximate surface area is 221 Å². The van der Waals surface area contributed by atoms with Crippen LogP contribution in [0, 0.1) is 12.8 Å². The van der Waals surface area contributed by atoms with E-state index >= 15 is 0 Å². The second kappa shape index (κ2) is 12.0. The Balaban J connectivity index is 1.47. The lowest BCUT2D eigenvalue weighted by atomic mass is 10.0. The lowest BCUT2D eigenvalue weighted by Gasteiger charge is -2.14. The number of benzene rings is 3. The van der Waals surface area contributed by atoms with Crippen LogP contribution < -0.4 is 10.1 Å². The van der Waals surface area contributed by atoms with E-state index in [1.165, 1.54) is 0 Å².